The molecule has 4 heteroatoms. The van der Waals surface area contributed by atoms with Gasteiger partial charge in [-0.25, -0.2) is 0 Å². The smallest absolute Gasteiger partial charge is 0.235 e. The third-order valence-corrected chi connectivity index (χ3v) is 4.34. The molecule has 0 bridgehead atoms. The largest absolute Gasteiger partial charge is 0.337 e. The Morgan fingerprint density at radius 3 is 2.72 bits per heavy atom. The van der Waals surface area contributed by atoms with E-state index in [9.17, 15) is 10.1 Å². The molecule has 1 amide bonds. The molecule has 18 heavy (non-hydrogen) atoms. The van der Waals surface area contributed by atoms with E-state index in [1.807, 2.05) is 0 Å². The van der Waals surface area contributed by atoms with E-state index in [0.717, 1.165) is 32.2 Å². The van der Waals surface area contributed by atoms with Crippen molar-refractivity contribution >= 4 is 5.91 Å². The van der Waals surface area contributed by atoms with Crippen LogP contribution in [0, 0.1) is 11.3 Å². The van der Waals surface area contributed by atoms with Gasteiger partial charge >= 0.3 is 0 Å². The molecule has 1 saturated carbocycles. The molecule has 4 nitrogen and oxygen atoms in total. The van der Waals surface area contributed by atoms with Crippen LogP contribution < -0.4 is 5.32 Å². The first-order valence-electron chi connectivity index (χ1n) is 7.11. The minimum absolute atomic E-state index is 0.0206. The number of nitriles is 1. The second kappa shape index (κ2) is 5.71. The number of amides is 1. The number of likely N-dealkylation sites (tertiary alicyclic amines) is 1. The Morgan fingerprint density at radius 2 is 2.11 bits per heavy atom. The maximum Gasteiger partial charge on any atom is 0.235 e. The standard InChI is InChI=1S/C14H23N3O/c1-12-6-2-5-9-17(12)10-13(18)16-14(11-15)7-3-4-8-14/h12H,2-10H2,1H3,(H,16,18). The van der Waals surface area contributed by atoms with Gasteiger partial charge in [-0.1, -0.05) is 6.42 Å². The highest BCUT2D eigenvalue weighted by molar-refractivity contribution is 5.79. The second-order valence-corrected chi connectivity index (χ2v) is 5.76. The summed E-state index contributed by atoms with van der Waals surface area (Å²) in [5.74, 6) is 0.0206. The predicted molar refractivity (Wildman–Crippen MR) is 69.8 cm³/mol. The number of hydrogen-bond donors (Lipinski definition) is 1. The van der Waals surface area contributed by atoms with E-state index in [2.05, 4.69) is 23.2 Å². The zero-order chi connectivity index (χ0) is 13.0. The predicted octanol–water partition coefficient (Wildman–Crippen LogP) is 1.81. The third kappa shape index (κ3) is 3.02. The van der Waals surface area contributed by atoms with E-state index < -0.39 is 5.54 Å². The van der Waals surface area contributed by atoms with Crippen molar-refractivity contribution in [3.63, 3.8) is 0 Å². The Bertz CT molecular complexity index is 341. The highest BCUT2D eigenvalue weighted by Gasteiger charge is 2.35. The van der Waals surface area contributed by atoms with Crippen molar-refractivity contribution in [2.75, 3.05) is 13.1 Å². The highest BCUT2D eigenvalue weighted by atomic mass is 16.2. The lowest BCUT2D eigenvalue weighted by Gasteiger charge is -2.33. The van der Waals surface area contributed by atoms with Crippen LogP contribution in [0.15, 0.2) is 0 Å². The molecule has 1 unspecified atom stereocenters. The van der Waals surface area contributed by atoms with Crippen molar-refractivity contribution < 1.29 is 4.79 Å². The Kier molecular flexibility index (Phi) is 4.23. The van der Waals surface area contributed by atoms with Crippen LogP contribution in [0.1, 0.15) is 51.9 Å². The Hall–Kier alpha value is -1.08. The number of carbonyl (C=O) groups is 1. The maximum atomic E-state index is 12.1. The average molecular weight is 249 g/mol. The summed E-state index contributed by atoms with van der Waals surface area (Å²) in [5.41, 5.74) is -0.573. The number of piperidine rings is 1. The van der Waals surface area contributed by atoms with Gasteiger partial charge in [0, 0.05) is 6.04 Å². The van der Waals surface area contributed by atoms with Crippen molar-refractivity contribution in [2.24, 2.45) is 0 Å². The van der Waals surface area contributed by atoms with E-state index in [-0.39, 0.29) is 5.91 Å². The number of nitrogens with zero attached hydrogens (tertiary/aromatic N) is 2. The third-order valence-electron chi connectivity index (χ3n) is 4.34. The molecule has 1 saturated heterocycles. The van der Waals surface area contributed by atoms with Crippen LogP contribution in [-0.4, -0.2) is 35.5 Å². The van der Waals surface area contributed by atoms with Gasteiger partial charge in [-0.2, -0.15) is 5.26 Å². The van der Waals surface area contributed by atoms with Crippen LogP contribution in [0.2, 0.25) is 0 Å². The van der Waals surface area contributed by atoms with Crippen LogP contribution in [-0.2, 0) is 4.79 Å². The molecular weight excluding hydrogens is 226 g/mol. The van der Waals surface area contributed by atoms with E-state index in [0.29, 0.717) is 12.6 Å². The van der Waals surface area contributed by atoms with Crippen molar-refractivity contribution in [3.05, 3.63) is 0 Å². The zero-order valence-corrected chi connectivity index (χ0v) is 11.2. The van der Waals surface area contributed by atoms with Gasteiger partial charge < -0.3 is 5.32 Å². The van der Waals surface area contributed by atoms with Gasteiger partial charge in [0.1, 0.15) is 5.54 Å². The molecule has 1 heterocycles. The summed E-state index contributed by atoms with van der Waals surface area (Å²) < 4.78 is 0. The molecule has 2 aliphatic rings. The van der Waals surface area contributed by atoms with Gasteiger partial charge in [0.25, 0.3) is 0 Å². The normalized spacial score (nSPS) is 27.7. The number of nitrogens with one attached hydrogen (secondary N) is 1. The van der Waals surface area contributed by atoms with Gasteiger partial charge in [0.05, 0.1) is 12.6 Å². The van der Waals surface area contributed by atoms with E-state index >= 15 is 0 Å². The molecule has 100 valence electrons. The topological polar surface area (TPSA) is 56.1 Å². The molecule has 0 radical (unpaired) electrons. The van der Waals surface area contributed by atoms with Gasteiger partial charge in [-0.15, -0.1) is 0 Å². The van der Waals surface area contributed by atoms with E-state index in [4.69, 9.17) is 0 Å². The second-order valence-electron chi connectivity index (χ2n) is 5.76. The molecule has 0 aromatic heterocycles. The van der Waals surface area contributed by atoms with E-state index in [1.54, 1.807) is 0 Å². The van der Waals surface area contributed by atoms with Crippen molar-refractivity contribution in [1.29, 1.82) is 5.26 Å². The Balaban J connectivity index is 1.86. The lowest BCUT2D eigenvalue weighted by atomic mass is 9.99. The summed E-state index contributed by atoms with van der Waals surface area (Å²) >= 11 is 0. The molecule has 1 N–H and O–H groups in total. The Labute approximate surface area is 109 Å². The number of rotatable bonds is 3. The monoisotopic (exact) mass is 249 g/mol. The first kappa shape index (κ1) is 13.4. The Morgan fingerprint density at radius 1 is 1.39 bits per heavy atom. The lowest BCUT2D eigenvalue weighted by molar-refractivity contribution is -0.124. The van der Waals surface area contributed by atoms with Crippen molar-refractivity contribution in [1.82, 2.24) is 10.2 Å². The van der Waals surface area contributed by atoms with Gasteiger partial charge in [0.2, 0.25) is 5.91 Å². The molecular formula is C14H23N3O. The van der Waals surface area contributed by atoms with Crippen molar-refractivity contribution in [3.8, 4) is 6.07 Å². The molecule has 2 rings (SSSR count). The highest BCUT2D eigenvalue weighted by Crippen LogP contribution is 2.28. The fraction of sp³-hybridized carbons (Fsp3) is 0.857. The summed E-state index contributed by atoms with van der Waals surface area (Å²) in [7, 11) is 0. The minimum atomic E-state index is -0.573. The molecule has 1 aliphatic heterocycles. The fourth-order valence-electron chi connectivity index (χ4n) is 3.13. The quantitative estimate of drug-likeness (QED) is 0.830. The summed E-state index contributed by atoms with van der Waals surface area (Å²) in [4.78, 5) is 14.3. The first-order valence-corrected chi connectivity index (χ1v) is 7.11. The minimum Gasteiger partial charge on any atom is -0.337 e. The molecule has 0 spiro atoms. The van der Waals surface area contributed by atoms with Gasteiger partial charge in [0.15, 0.2) is 0 Å². The van der Waals surface area contributed by atoms with Gasteiger partial charge in [-0.3, -0.25) is 9.69 Å². The van der Waals surface area contributed by atoms with Crippen LogP contribution in [0.5, 0.6) is 0 Å². The number of hydrogen-bond acceptors (Lipinski definition) is 3. The summed E-state index contributed by atoms with van der Waals surface area (Å²) in [6.07, 6.45) is 7.34. The molecule has 0 aromatic rings. The van der Waals surface area contributed by atoms with Crippen LogP contribution in [0.25, 0.3) is 0 Å². The number of carbonyl (C=O) groups excluding carboxylic acids is 1. The average Bonchev–Trinajstić information content (AvgIpc) is 2.81. The van der Waals surface area contributed by atoms with Crippen molar-refractivity contribution in [2.45, 2.75) is 63.5 Å². The van der Waals surface area contributed by atoms with Gasteiger partial charge in [-0.05, 0) is 52.0 Å². The SMILES string of the molecule is CC1CCCCN1CC(=O)NC1(C#N)CCCC1. The zero-order valence-electron chi connectivity index (χ0n) is 11.2. The first-order chi connectivity index (χ1) is 8.65. The molecule has 1 atom stereocenters. The maximum absolute atomic E-state index is 12.1. The van der Waals surface area contributed by atoms with Crippen LogP contribution in [0.3, 0.4) is 0 Å². The molecule has 1 aliphatic carbocycles. The van der Waals surface area contributed by atoms with Crippen LogP contribution >= 0.6 is 0 Å². The fourth-order valence-corrected chi connectivity index (χ4v) is 3.13. The summed E-state index contributed by atoms with van der Waals surface area (Å²) in [6.45, 7) is 3.64. The summed E-state index contributed by atoms with van der Waals surface area (Å²) in [6, 6.07) is 2.80. The van der Waals surface area contributed by atoms with E-state index in [1.165, 1.54) is 19.3 Å². The molecule has 0 aromatic carbocycles. The summed E-state index contributed by atoms with van der Waals surface area (Å²) in [5, 5.41) is 12.2. The lowest BCUT2D eigenvalue weighted by Crippen LogP contribution is -2.51. The molecule has 2 fully saturated rings. The van der Waals surface area contributed by atoms with Crippen LogP contribution in [0.4, 0.5) is 0 Å².